The molecule has 1 aromatic heterocycles. The zero-order valence-electron chi connectivity index (χ0n) is 19.8. The Morgan fingerprint density at radius 3 is 2.64 bits per heavy atom. The molecule has 186 valence electrons. The van der Waals surface area contributed by atoms with Crippen LogP contribution in [0.3, 0.4) is 0 Å². The minimum absolute atomic E-state index is 0.0887. The van der Waals surface area contributed by atoms with Gasteiger partial charge in [0.2, 0.25) is 16.8 Å². The number of carbonyl (C=O) groups is 2. The molecular weight excluding hydrogens is 490 g/mol. The standard InChI is InChI=1S/C23H21N5O7S/c1-5-18(30)26-15-9-7-6-8-14(15)19-21(31)24-23(36-4)25-27(19)22(26)13-10-16(28(32)33)20(35-12(2)29)17(11-13)34-3/h6-11,22H,5H2,1-4H3/p+1. The molecule has 1 aliphatic rings. The number of nitrogens with zero attached hydrogens (tertiary/aromatic N) is 4. The number of nitrogens with one attached hydrogen (secondary N) is 1. The lowest BCUT2D eigenvalue weighted by atomic mass is 10.0. The van der Waals surface area contributed by atoms with Gasteiger partial charge in [0.1, 0.15) is 0 Å². The number of H-pyrrole nitrogens is 1. The van der Waals surface area contributed by atoms with Gasteiger partial charge in [0.05, 0.1) is 28.8 Å². The zero-order chi connectivity index (χ0) is 26.1. The van der Waals surface area contributed by atoms with Gasteiger partial charge in [0, 0.05) is 24.5 Å². The van der Waals surface area contributed by atoms with E-state index in [4.69, 9.17) is 9.47 Å². The van der Waals surface area contributed by atoms with Crippen molar-refractivity contribution in [3.8, 4) is 22.8 Å². The summed E-state index contributed by atoms with van der Waals surface area (Å²) >= 11 is 1.19. The lowest BCUT2D eigenvalue weighted by molar-refractivity contribution is -0.763. The maximum absolute atomic E-state index is 13.3. The molecule has 2 aromatic carbocycles. The van der Waals surface area contributed by atoms with E-state index in [0.717, 1.165) is 6.92 Å². The molecule has 4 rings (SSSR count). The quantitative estimate of drug-likeness (QED) is 0.131. The molecule has 2 heterocycles. The number of ether oxygens (including phenoxy) is 2. The topological polar surface area (TPSA) is 149 Å². The van der Waals surface area contributed by atoms with Crippen LogP contribution in [0.4, 0.5) is 11.4 Å². The Bertz CT molecular complexity index is 1460. The van der Waals surface area contributed by atoms with E-state index in [1.165, 1.54) is 40.6 Å². The fourth-order valence-corrected chi connectivity index (χ4v) is 4.46. The Balaban J connectivity index is 2.11. The molecule has 12 nitrogen and oxygen atoms in total. The molecule has 0 aliphatic carbocycles. The Morgan fingerprint density at radius 2 is 2.03 bits per heavy atom. The molecule has 1 N–H and O–H groups in total. The number of aromatic nitrogens is 3. The number of para-hydroxylation sites is 1. The second-order valence-electron chi connectivity index (χ2n) is 7.69. The van der Waals surface area contributed by atoms with Crippen LogP contribution in [-0.4, -0.2) is 40.2 Å². The number of fused-ring (bicyclic) bond motifs is 3. The van der Waals surface area contributed by atoms with Gasteiger partial charge in [-0.3, -0.25) is 29.5 Å². The van der Waals surface area contributed by atoms with E-state index in [0.29, 0.717) is 11.3 Å². The van der Waals surface area contributed by atoms with E-state index >= 15 is 0 Å². The molecule has 0 bridgehead atoms. The van der Waals surface area contributed by atoms with Crippen molar-refractivity contribution in [3.05, 3.63) is 62.4 Å². The molecule has 1 amide bonds. The van der Waals surface area contributed by atoms with Crippen molar-refractivity contribution in [1.82, 2.24) is 10.1 Å². The molecule has 0 spiro atoms. The van der Waals surface area contributed by atoms with Gasteiger partial charge in [-0.05, 0) is 29.1 Å². The number of nitro groups is 1. The van der Waals surface area contributed by atoms with Crippen molar-refractivity contribution in [2.24, 2.45) is 0 Å². The first-order valence-corrected chi connectivity index (χ1v) is 12.0. The average molecular weight is 513 g/mol. The maximum Gasteiger partial charge on any atom is 0.325 e. The van der Waals surface area contributed by atoms with Gasteiger partial charge < -0.3 is 9.47 Å². The van der Waals surface area contributed by atoms with Gasteiger partial charge in [-0.15, -0.1) is 0 Å². The largest absolute Gasteiger partial charge is 0.493 e. The Labute approximate surface area is 209 Å². The molecule has 0 fully saturated rings. The fourth-order valence-electron chi connectivity index (χ4n) is 4.10. The highest BCUT2D eigenvalue weighted by Gasteiger charge is 2.46. The number of nitro benzene ring substituents is 1. The molecular formula is C23H22N5O7S+. The first kappa shape index (κ1) is 24.9. The molecule has 3 aromatic rings. The van der Waals surface area contributed by atoms with E-state index < -0.39 is 28.3 Å². The van der Waals surface area contributed by atoms with E-state index in [1.807, 2.05) is 0 Å². The number of anilines is 1. The third kappa shape index (κ3) is 4.17. The number of thioether (sulfide) groups is 1. The summed E-state index contributed by atoms with van der Waals surface area (Å²) < 4.78 is 11.8. The van der Waals surface area contributed by atoms with Crippen LogP contribution in [0, 0.1) is 10.1 Å². The van der Waals surface area contributed by atoms with Crippen LogP contribution in [0.25, 0.3) is 11.3 Å². The highest BCUT2D eigenvalue weighted by molar-refractivity contribution is 7.98. The lowest BCUT2D eigenvalue weighted by Crippen LogP contribution is -2.60. The van der Waals surface area contributed by atoms with Gasteiger partial charge in [-0.25, -0.2) is 4.90 Å². The van der Waals surface area contributed by atoms with Gasteiger partial charge in [0.25, 0.3) is 6.17 Å². The van der Waals surface area contributed by atoms with Gasteiger partial charge in [-0.2, -0.15) is 0 Å². The Kier molecular flexibility index (Phi) is 6.75. The summed E-state index contributed by atoms with van der Waals surface area (Å²) in [5.74, 6) is -1.52. The number of hydrogen-bond acceptors (Lipinski definition) is 9. The van der Waals surface area contributed by atoms with Crippen molar-refractivity contribution in [2.75, 3.05) is 18.3 Å². The van der Waals surface area contributed by atoms with Crippen molar-refractivity contribution in [2.45, 2.75) is 31.6 Å². The summed E-state index contributed by atoms with van der Waals surface area (Å²) in [6.07, 6.45) is 0.771. The number of aromatic amines is 1. The van der Waals surface area contributed by atoms with E-state index in [1.54, 1.807) is 37.4 Å². The first-order chi connectivity index (χ1) is 17.2. The predicted molar refractivity (Wildman–Crippen MR) is 129 cm³/mol. The molecule has 13 heteroatoms. The molecule has 0 saturated carbocycles. The van der Waals surface area contributed by atoms with Crippen LogP contribution in [0.1, 0.15) is 32.0 Å². The second-order valence-corrected chi connectivity index (χ2v) is 8.48. The first-order valence-electron chi connectivity index (χ1n) is 10.8. The average Bonchev–Trinajstić information content (AvgIpc) is 2.86. The normalized spacial score (nSPS) is 14.0. The highest BCUT2D eigenvalue weighted by Crippen LogP contribution is 2.43. The fraction of sp³-hybridized carbons (Fsp3) is 0.261. The summed E-state index contributed by atoms with van der Waals surface area (Å²) in [5.41, 5.74) is 0.355. The van der Waals surface area contributed by atoms with E-state index in [2.05, 4.69) is 10.1 Å². The third-order valence-corrected chi connectivity index (χ3v) is 6.11. The Hall–Kier alpha value is -4.26. The monoisotopic (exact) mass is 512 g/mol. The number of benzene rings is 2. The summed E-state index contributed by atoms with van der Waals surface area (Å²) in [6, 6.07) is 9.48. The van der Waals surface area contributed by atoms with Crippen LogP contribution in [0.2, 0.25) is 0 Å². The SMILES string of the molecule is CCC(=O)N1c2ccccc2-c2c(=O)[nH]c(SC)n[n+]2C1c1cc(OC)c(OC(C)=O)c([N+](=O)[O-])c1. The van der Waals surface area contributed by atoms with E-state index in [9.17, 15) is 24.5 Å². The lowest BCUT2D eigenvalue weighted by Gasteiger charge is -2.32. The summed E-state index contributed by atoms with van der Waals surface area (Å²) in [5, 5.41) is 16.8. The summed E-state index contributed by atoms with van der Waals surface area (Å²) in [4.78, 5) is 53.5. The molecule has 0 radical (unpaired) electrons. The van der Waals surface area contributed by atoms with Crippen molar-refractivity contribution < 1.29 is 28.7 Å². The molecule has 1 unspecified atom stereocenters. The molecule has 1 atom stereocenters. The van der Waals surface area contributed by atoms with Crippen molar-refractivity contribution >= 4 is 35.0 Å². The van der Waals surface area contributed by atoms with Crippen LogP contribution in [0.15, 0.2) is 46.3 Å². The van der Waals surface area contributed by atoms with Gasteiger partial charge in [0.15, 0.2) is 5.75 Å². The minimum Gasteiger partial charge on any atom is -0.493 e. The van der Waals surface area contributed by atoms with E-state index in [-0.39, 0.29) is 40.2 Å². The number of rotatable bonds is 6. The van der Waals surface area contributed by atoms with Crippen LogP contribution < -0.4 is 24.6 Å². The smallest absolute Gasteiger partial charge is 0.325 e. The number of esters is 1. The van der Waals surface area contributed by atoms with Crippen molar-refractivity contribution in [1.29, 1.82) is 0 Å². The maximum atomic E-state index is 13.3. The summed E-state index contributed by atoms with van der Waals surface area (Å²) in [6.45, 7) is 2.80. The number of amides is 1. The molecule has 1 aliphatic heterocycles. The van der Waals surface area contributed by atoms with Crippen LogP contribution >= 0.6 is 11.8 Å². The number of methoxy groups -OCH3 is 1. The van der Waals surface area contributed by atoms with Crippen LogP contribution in [-0.2, 0) is 9.59 Å². The predicted octanol–water partition coefficient (Wildman–Crippen LogP) is 2.59. The van der Waals surface area contributed by atoms with Crippen molar-refractivity contribution in [3.63, 3.8) is 0 Å². The molecule has 0 saturated heterocycles. The minimum atomic E-state index is -1.07. The number of hydrogen-bond donors (Lipinski definition) is 1. The van der Waals surface area contributed by atoms with Gasteiger partial charge >= 0.3 is 22.9 Å². The Morgan fingerprint density at radius 1 is 1.31 bits per heavy atom. The zero-order valence-corrected chi connectivity index (χ0v) is 20.6. The van der Waals surface area contributed by atoms with Gasteiger partial charge in [-0.1, -0.05) is 30.8 Å². The number of carbonyl (C=O) groups excluding carboxylic acids is 2. The highest BCUT2D eigenvalue weighted by atomic mass is 32.2. The third-order valence-electron chi connectivity index (χ3n) is 5.54. The summed E-state index contributed by atoms with van der Waals surface area (Å²) in [7, 11) is 1.27. The second kappa shape index (κ2) is 9.77. The molecule has 36 heavy (non-hydrogen) atoms. The van der Waals surface area contributed by atoms with Crippen LogP contribution in [0.5, 0.6) is 11.5 Å².